The highest BCUT2D eigenvalue weighted by Gasteiger charge is 2.08. The van der Waals surface area contributed by atoms with Crippen LogP contribution in [0.15, 0.2) is 17.1 Å². The highest BCUT2D eigenvalue weighted by molar-refractivity contribution is 14.0. The molecule has 1 fully saturated rings. The van der Waals surface area contributed by atoms with Crippen molar-refractivity contribution in [3.8, 4) is 0 Å². The molecule has 0 saturated carbocycles. The molecule has 118 valence electrons. The van der Waals surface area contributed by atoms with Crippen LogP contribution in [0.4, 0.5) is 0 Å². The van der Waals surface area contributed by atoms with Crippen LogP contribution in [-0.2, 0) is 4.74 Å². The van der Waals surface area contributed by atoms with Crippen molar-refractivity contribution < 1.29 is 4.74 Å². The summed E-state index contributed by atoms with van der Waals surface area (Å²) in [7, 11) is 0. The summed E-state index contributed by atoms with van der Waals surface area (Å²) in [5, 5.41) is 6.61. The van der Waals surface area contributed by atoms with E-state index in [1.165, 1.54) is 0 Å². The Morgan fingerprint density at radius 1 is 1.30 bits per heavy atom. The summed E-state index contributed by atoms with van der Waals surface area (Å²) >= 11 is 0. The number of hydrogen-bond acceptors (Lipinski definition) is 3. The van der Waals surface area contributed by atoms with Gasteiger partial charge in [0.05, 0.1) is 19.8 Å². The molecule has 6 heteroatoms. The molecule has 5 nitrogen and oxygen atoms in total. The van der Waals surface area contributed by atoms with E-state index in [0.717, 1.165) is 64.9 Å². The minimum Gasteiger partial charge on any atom is -0.379 e. The molecule has 0 unspecified atom stereocenters. The predicted octanol–water partition coefficient (Wildman–Crippen LogP) is 1.46. The molecule has 0 radical (unpaired) electrons. The van der Waals surface area contributed by atoms with Gasteiger partial charge in [0.1, 0.15) is 0 Å². The molecular weight excluding hydrogens is 367 g/mol. The number of ether oxygens (including phenoxy) is 1. The van der Waals surface area contributed by atoms with E-state index in [0.29, 0.717) is 0 Å². The number of nitrogens with one attached hydrogen (secondary N) is 2. The topological polar surface area (TPSA) is 48.9 Å². The van der Waals surface area contributed by atoms with Crippen LogP contribution in [0.5, 0.6) is 0 Å². The molecule has 0 amide bonds. The van der Waals surface area contributed by atoms with Crippen molar-refractivity contribution in [1.29, 1.82) is 0 Å². The molecule has 1 aliphatic heterocycles. The highest BCUT2D eigenvalue weighted by Crippen LogP contribution is 1.95. The molecule has 0 spiro atoms. The summed E-state index contributed by atoms with van der Waals surface area (Å²) < 4.78 is 5.33. The minimum absolute atomic E-state index is 0. The van der Waals surface area contributed by atoms with Gasteiger partial charge in [-0.1, -0.05) is 12.2 Å². The number of hydrogen-bond donors (Lipinski definition) is 2. The molecule has 2 N–H and O–H groups in total. The van der Waals surface area contributed by atoms with Gasteiger partial charge in [0.15, 0.2) is 5.96 Å². The zero-order valence-electron chi connectivity index (χ0n) is 12.7. The fourth-order valence-corrected chi connectivity index (χ4v) is 1.91. The van der Waals surface area contributed by atoms with Crippen LogP contribution >= 0.6 is 24.0 Å². The molecule has 0 aromatic heterocycles. The number of guanidine groups is 1. The summed E-state index contributed by atoms with van der Waals surface area (Å²) in [6.07, 6.45) is 5.26. The molecule has 1 heterocycles. The van der Waals surface area contributed by atoms with Gasteiger partial charge in [0.25, 0.3) is 0 Å². The largest absolute Gasteiger partial charge is 0.379 e. The Morgan fingerprint density at radius 2 is 2.05 bits per heavy atom. The third-order valence-electron chi connectivity index (χ3n) is 2.97. The van der Waals surface area contributed by atoms with Crippen molar-refractivity contribution >= 4 is 29.9 Å². The molecule has 0 atom stereocenters. The second-order valence-electron chi connectivity index (χ2n) is 4.50. The van der Waals surface area contributed by atoms with E-state index in [1.54, 1.807) is 0 Å². The van der Waals surface area contributed by atoms with Crippen molar-refractivity contribution in [2.45, 2.75) is 20.3 Å². The number of nitrogens with zero attached hydrogens (tertiary/aromatic N) is 2. The summed E-state index contributed by atoms with van der Waals surface area (Å²) in [5.41, 5.74) is 0. The molecule has 0 aliphatic carbocycles. The van der Waals surface area contributed by atoms with Crippen LogP contribution in [-0.4, -0.2) is 63.3 Å². The summed E-state index contributed by atoms with van der Waals surface area (Å²) in [4.78, 5) is 6.99. The lowest BCUT2D eigenvalue weighted by molar-refractivity contribution is 0.0394. The molecule has 0 aromatic rings. The summed E-state index contributed by atoms with van der Waals surface area (Å²) in [6, 6.07) is 0. The first-order valence-electron chi connectivity index (χ1n) is 7.30. The lowest BCUT2D eigenvalue weighted by Gasteiger charge is -2.25. The van der Waals surface area contributed by atoms with Crippen LogP contribution in [0.2, 0.25) is 0 Å². The summed E-state index contributed by atoms with van der Waals surface area (Å²) in [6.45, 7) is 11.6. The molecule has 1 aliphatic rings. The second-order valence-corrected chi connectivity index (χ2v) is 4.50. The molecule has 1 saturated heterocycles. The van der Waals surface area contributed by atoms with Gasteiger partial charge in [-0.2, -0.15) is 0 Å². The maximum atomic E-state index is 5.33. The van der Waals surface area contributed by atoms with Crippen molar-refractivity contribution in [3.63, 3.8) is 0 Å². The first-order chi connectivity index (χ1) is 9.36. The Morgan fingerprint density at radius 3 is 2.70 bits per heavy atom. The Hall–Kier alpha value is -0.340. The molecule has 20 heavy (non-hydrogen) atoms. The average Bonchev–Trinajstić information content (AvgIpc) is 2.44. The fraction of sp³-hybridized carbons (Fsp3) is 0.786. The lowest BCUT2D eigenvalue weighted by Crippen LogP contribution is -2.40. The minimum atomic E-state index is 0. The zero-order chi connectivity index (χ0) is 13.8. The maximum absolute atomic E-state index is 5.33. The molecule has 0 aromatic carbocycles. The monoisotopic (exact) mass is 396 g/mol. The quantitative estimate of drug-likeness (QED) is 0.225. The van der Waals surface area contributed by atoms with E-state index in [4.69, 9.17) is 4.74 Å². The van der Waals surface area contributed by atoms with Gasteiger partial charge >= 0.3 is 0 Å². The van der Waals surface area contributed by atoms with Gasteiger partial charge in [-0.05, 0) is 20.3 Å². The summed E-state index contributed by atoms with van der Waals surface area (Å²) in [5.74, 6) is 0.917. The second kappa shape index (κ2) is 13.6. The fourth-order valence-electron chi connectivity index (χ4n) is 1.91. The Labute approximate surface area is 140 Å². The maximum Gasteiger partial charge on any atom is 0.191 e. The lowest BCUT2D eigenvalue weighted by atomic mass is 10.4. The van der Waals surface area contributed by atoms with Gasteiger partial charge in [-0.25, -0.2) is 0 Å². The number of halogens is 1. The standard InChI is InChI=1S/C14H28N4O.HI/c1-3-5-6-7-16-14(15-4-2)17-8-9-18-10-12-19-13-11-18;/h3,5H,4,6-13H2,1-2H3,(H2,15,16,17);1H. The normalized spacial score (nSPS) is 17.0. The highest BCUT2D eigenvalue weighted by atomic mass is 127. The number of rotatable bonds is 7. The first-order valence-corrected chi connectivity index (χ1v) is 7.30. The van der Waals surface area contributed by atoms with Crippen molar-refractivity contribution in [2.24, 2.45) is 4.99 Å². The Kier molecular flexibility index (Phi) is 13.4. The van der Waals surface area contributed by atoms with E-state index in [2.05, 4.69) is 39.6 Å². The third-order valence-corrected chi connectivity index (χ3v) is 2.97. The Balaban J connectivity index is 0.00000361. The molecule has 1 rings (SSSR count). The number of morpholine rings is 1. The van der Waals surface area contributed by atoms with Crippen molar-refractivity contribution in [1.82, 2.24) is 15.5 Å². The van der Waals surface area contributed by atoms with Gasteiger partial charge in [0.2, 0.25) is 0 Å². The van der Waals surface area contributed by atoms with Crippen molar-refractivity contribution in [3.05, 3.63) is 12.2 Å². The van der Waals surface area contributed by atoms with E-state index in [1.807, 2.05) is 6.92 Å². The van der Waals surface area contributed by atoms with Crippen LogP contribution in [0.25, 0.3) is 0 Å². The average molecular weight is 396 g/mol. The van der Waals surface area contributed by atoms with E-state index < -0.39 is 0 Å². The number of allylic oxidation sites excluding steroid dienone is 1. The van der Waals surface area contributed by atoms with E-state index in [-0.39, 0.29) is 24.0 Å². The van der Waals surface area contributed by atoms with Crippen LogP contribution in [0, 0.1) is 0 Å². The van der Waals surface area contributed by atoms with Crippen molar-refractivity contribution in [2.75, 3.05) is 52.5 Å². The van der Waals surface area contributed by atoms with Crippen LogP contribution in [0.3, 0.4) is 0 Å². The van der Waals surface area contributed by atoms with E-state index in [9.17, 15) is 0 Å². The van der Waals surface area contributed by atoms with Gasteiger partial charge in [-0.15, -0.1) is 24.0 Å². The molecule has 0 bridgehead atoms. The third kappa shape index (κ3) is 9.55. The van der Waals surface area contributed by atoms with Gasteiger partial charge in [0, 0.05) is 32.7 Å². The predicted molar refractivity (Wildman–Crippen MR) is 96.1 cm³/mol. The van der Waals surface area contributed by atoms with Crippen LogP contribution < -0.4 is 10.6 Å². The van der Waals surface area contributed by atoms with Crippen LogP contribution in [0.1, 0.15) is 20.3 Å². The SMILES string of the molecule is CC=CCCNC(=NCCN1CCOCC1)NCC.I. The van der Waals surface area contributed by atoms with E-state index >= 15 is 0 Å². The van der Waals surface area contributed by atoms with Gasteiger partial charge < -0.3 is 15.4 Å². The van der Waals surface area contributed by atoms with Gasteiger partial charge in [-0.3, -0.25) is 9.89 Å². The first kappa shape index (κ1) is 19.7. The Bertz CT molecular complexity index is 278. The molecular formula is C14H29IN4O. The number of aliphatic imine (C=N–C) groups is 1. The smallest absolute Gasteiger partial charge is 0.191 e. The zero-order valence-corrected chi connectivity index (χ0v) is 15.1.